The molecule has 0 N–H and O–H groups in total. The summed E-state index contributed by atoms with van der Waals surface area (Å²) >= 11 is 0. The van der Waals surface area contributed by atoms with Crippen molar-refractivity contribution in [2.24, 2.45) is 0 Å². The lowest BCUT2D eigenvalue weighted by Crippen LogP contribution is -2.25. The van der Waals surface area contributed by atoms with Gasteiger partial charge < -0.3 is 9.47 Å². The number of benzene rings is 1. The molecular formula is C16H19NO4. The van der Waals surface area contributed by atoms with Crippen LogP contribution in [0.5, 0.6) is 0 Å². The average molecular weight is 289 g/mol. The SMILES string of the molecule is COC(=O)c1ccccc1C(C#N)CC(=O)OC(C)(C)C. The molecule has 0 aliphatic carbocycles. The van der Waals surface area contributed by atoms with Crippen LogP contribution in [0, 0.1) is 11.3 Å². The highest BCUT2D eigenvalue weighted by atomic mass is 16.6. The Balaban J connectivity index is 2.99. The molecule has 1 aromatic carbocycles. The standard InChI is InChI=1S/C16H19NO4/c1-16(2,3)21-14(18)9-11(10-17)12-7-5-6-8-13(12)15(19)20-4/h5-8,11H,9H2,1-4H3. The summed E-state index contributed by atoms with van der Waals surface area (Å²) in [4.78, 5) is 23.6. The zero-order valence-corrected chi connectivity index (χ0v) is 12.7. The average Bonchev–Trinajstić information content (AvgIpc) is 2.42. The molecule has 0 fully saturated rings. The van der Waals surface area contributed by atoms with Crippen molar-refractivity contribution >= 4 is 11.9 Å². The van der Waals surface area contributed by atoms with Crippen molar-refractivity contribution in [3.63, 3.8) is 0 Å². The lowest BCUT2D eigenvalue weighted by molar-refractivity contribution is -0.155. The number of nitrogens with zero attached hydrogens (tertiary/aromatic N) is 1. The van der Waals surface area contributed by atoms with Crippen molar-refractivity contribution in [1.82, 2.24) is 0 Å². The third kappa shape index (κ3) is 4.92. The fourth-order valence-corrected chi connectivity index (χ4v) is 1.87. The van der Waals surface area contributed by atoms with Crippen molar-refractivity contribution in [3.05, 3.63) is 35.4 Å². The monoisotopic (exact) mass is 289 g/mol. The van der Waals surface area contributed by atoms with Crippen LogP contribution in [0.4, 0.5) is 0 Å². The number of methoxy groups -OCH3 is 1. The number of nitriles is 1. The van der Waals surface area contributed by atoms with E-state index in [1.165, 1.54) is 7.11 Å². The van der Waals surface area contributed by atoms with Crippen molar-refractivity contribution in [1.29, 1.82) is 5.26 Å². The van der Waals surface area contributed by atoms with Crippen LogP contribution in [0.15, 0.2) is 24.3 Å². The van der Waals surface area contributed by atoms with Gasteiger partial charge in [0.2, 0.25) is 0 Å². The summed E-state index contributed by atoms with van der Waals surface area (Å²) in [5.74, 6) is -1.76. The second kappa shape index (κ2) is 6.89. The quantitative estimate of drug-likeness (QED) is 0.796. The summed E-state index contributed by atoms with van der Waals surface area (Å²) in [7, 11) is 1.27. The molecule has 0 aliphatic rings. The van der Waals surface area contributed by atoms with Crippen LogP contribution in [-0.4, -0.2) is 24.6 Å². The molecule has 1 aromatic rings. The van der Waals surface area contributed by atoms with Crippen LogP contribution in [0.25, 0.3) is 0 Å². The number of rotatable bonds is 4. The molecule has 0 radical (unpaired) electrons. The van der Waals surface area contributed by atoms with Crippen molar-refractivity contribution < 1.29 is 19.1 Å². The minimum absolute atomic E-state index is 0.109. The molecule has 5 heteroatoms. The van der Waals surface area contributed by atoms with Gasteiger partial charge in [0.05, 0.1) is 31.1 Å². The van der Waals surface area contributed by atoms with Gasteiger partial charge in [0.1, 0.15) is 5.60 Å². The van der Waals surface area contributed by atoms with Gasteiger partial charge in [-0.1, -0.05) is 18.2 Å². The van der Waals surface area contributed by atoms with E-state index in [-0.39, 0.29) is 12.0 Å². The Bertz CT molecular complexity index is 566. The molecule has 112 valence electrons. The molecule has 5 nitrogen and oxygen atoms in total. The van der Waals surface area contributed by atoms with E-state index in [0.717, 1.165) is 0 Å². The first-order chi connectivity index (χ1) is 9.78. The van der Waals surface area contributed by atoms with E-state index in [0.29, 0.717) is 5.56 Å². The highest BCUT2D eigenvalue weighted by Crippen LogP contribution is 2.25. The Hall–Kier alpha value is -2.35. The van der Waals surface area contributed by atoms with Gasteiger partial charge >= 0.3 is 11.9 Å². The summed E-state index contributed by atoms with van der Waals surface area (Å²) < 4.78 is 9.90. The molecule has 1 rings (SSSR count). The van der Waals surface area contributed by atoms with Crippen molar-refractivity contribution in [3.8, 4) is 6.07 Å². The van der Waals surface area contributed by atoms with Gasteiger partial charge in [-0.3, -0.25) is 4.79 Å². The second-order valence-electron chi connectivity index (χ2n) is 5.55. The molecule has 0 saturated carbocycles. The van der Waals surface area contributed by atoms with Crippen LogP contribution in [0.1, 0.15) is 49.0 Å². The van der Waals surface area contributed by atoms with Gasteiger partial charge in [0.15, 0.2) is 0 Å². The van der Waals surface area contributed by atoms with E-state index >= 15 is 0 Å². The Labute approximate surface area is 124 Å². The first kappa shape index (κ1) is 16.7. The third-order valence-electron chi connectivity index (χ3n) is 2.69. The molecule has 0 aliphatic heterocycles. The first-order valence-corrected chi connectivity index (χ1v) is 6.57. The van der Waals surface area contributed by atoms with Crippen LogP contribution >= 0.6 is 0 Å². The van der Waals surface area contributed by atoms with Crippen LogP contribution in [0.3, 0.4) is 0 Å². The van der Waals surface area contributed by atoms with Crippen LogP contribution < -0.4 is 0 Å². The van der Waals surface area contributed by atoms with Crippen molar-refractivity contribution in [2.75, 3.05) is 7.11 Å². The summed E-state index contributed by atoms with van der Waals surface area (Å²) in [6.07, 6.45) is -0.109. The van der Waals surface area contributed by atoms with Gasteiger partial charge in [-0.05, 0) is 32.4 Å². The van der Waals surface area contributed by atoms with Gasteiger partial charge in [-0.25, -0.2) is 4.79 Å². The van der Waals surface area contributed by atoms with E-state index in [2.05, 4.69) is 0 Å². The second-order valence-corrected chi connectivity index (χ2v) is 5.55. The normalized spacial score (nSPS) is 12.1. The fraction of sp³-hybridized carbons (Fsp3) is 0.438. The number of hydrogen-bond donors (Lipinski definition) is 0. The minimum atomic E-state index is -0.754. The number of hydrogen-bond acceptors (Lipinski definition) is 5. The Kier molecular flexibility index (Phi) is 5.48. The lowest BCUT2D eigenvalue weighted by atomic mass is 9.92. The number of carbonyl (C=O) groups excluding carboxylic acids is 2. The van der Waals surface area contributed by atoms with E-state index in [4.69, 9.17) is 9.47 Å². The predicted octanol–water partition coefficient (Wildman–Crippen LogP) is 2.81. The van der Waals surface area contributed by atoms with Crippen molar-refractivity contribution in [2.45, 2.75) is 38.7 Å². The van der Waals surface area contributed by atoms with Gasteiger partial charge in [-0.2, -0.15) is 5.26 Å². The predicted molar refractivity (Wildman–Crippen MR) is 76.6 cm³/mol. The summed E-state index contributed by atoms with van der Waals surface area (Å²) in [5, 5.41) is 9.30. The number of ether oxygens (including phenoxy) is 2. The highest BCUT2D eigenvalue weighted by Gasteiger charge is 2.24. The van der Waals surface area contributed by atoms with Crippen LogP contribution in [-0.2, 0) is 14.3 Å². The highest BCUT2D eigenvalue weighted by molar-refractivity contribution is 5.91. The summed E-state index contributed by atoms with van der Waals surface area (Å²) in [5.41, 5.74) is 0.145. The fourth-order valence-electron chi connectivity index (χ4n) is 1.87. The molecule has 1 unspecified atom stereocenters. The van der Waals surface area contributed by atoms with Gasteiger partial charge in [0.25, 0.3) is 0 Å². The van der Waals surface area contributed by atoms with Crippen LogP contribution in [0.2, 0.25) is 0 Å². The molecule has 0 aromatic heterocycles. The lowest BCUT2D eigenvalue weighted by Gasteiger charge is -2.20. The number of esters is 2. The van der Waals surface area contributed by atoms with E-state index < -0.39 is 23.5 Å². The zero-order chi connectivity index (χ0) is 16.0. The molecule has 0 amide bonds. The van der Waals surface area contributed by atoms with Gasteiger partial charge in [-0.15, -0.1) is 0 Å². The first-order valence-electron chi connectivity index (χ1n) is 6.57. The summed E-state index contributed by atoms with van der Waals surface area (Å²) in [6.45, 7) is 5.28. The Morgan fingerprint density at radius 3 is 2.43 bits per heavy atom. The molecule has 0 saturated heterocycles. The Morgan fingerprint density at radius 2 is 1.90 bits per heavy atom. The zero-order valence-electron chi connectivity index (χ0n) is 12.7. The van der Waals surface area contributed by atoms with E-state index in [1.807, 2.05) is 6.07 Å². The maximum atomic E-state index is 11.9. The third-order valence-corrected chi connectivity index (χ3v) is 2.69. The van der Waals surface area contributed by atoms with E-state index in [1.54, 1.807) is 45.0 Å². The molecule has 0 spiro atoms. The Morgan fingerprint density at radius 1 is 1.29 bits per heavy atom. The molecule has 1 atom stereocenters. The minimum Gasteiger partial charge on any atom is -0.465 e. The maximum Gasteiger partial charge on any atom is 0.338 e. The molecule has 21 heavy (non-hydrogen) atoms. The smallest absolute Gasteiger partial charge is 0.338 e. The number of carbonyl (C=O) groups is 2. The maximum absolute atomic E-state index is 11.9. The topological polar surface area (TPSA) is 76.4 Å². The molecular weight excluding hydrogens is 270 g/mol. The largest absolute Gasteiger partial charge is 0.465 e. The van der Waals surface area contributed by atoms with E-state index in [9.17, 15) is 14.9 Å². The van der Waals surface area contributed by atoms with Gasteiger partial charge in [0, 0.05) is 0 Å². The molecule has 0 heterocycles. The summed E-state index contributed by atoms with van der Waals surface area (Å²) in [6, 6.07) is 8.65. The molecule has 0 bridgehead atoms.